The molecule has 4 N–H and O–H groups in total. The van der Waals surface area contributed by atoms with Gasteiger partial charge in [0.2, 0.25) is 0 Å². The van der Waals surface area contributed by atoms with Crippen molar-refractivity contribution in [3.63, 3.8) is 0 Å². The number of aliphatic hydroxyl groups excluding tert-OH is 3. The van der Waals surface area contributed by atoms with Crippen LogP contribution in [0.5, 0.6) is 0 Å². The van der Waals surface area contributed by atoms with Gasteiger partial charge in [-0.25, -0.2) is 0 Å². The molecular weight excluding hydrogens is 633 g/mol. The maximum absolute atomic E-state index is 13.8. The molecule has 13 atom stereocenters. The zero-order valence-electron chi connectivity index (χ0n) is 31.5. The second-order valence-corrected chi connectivity index (χ2v) is 19.9. The van der Waals surface area contributed by atoms with E-state index >= 15 is 0 Å². The highest BCUT2D eigenvalue weighted by Gasteiger charge is 2.68. The molecule has 1 aromatic rings. The van der Waals surface area contributed by atoms with Crippen LogP contribution >= 0.6 is 0 Å². The highest BCUT2D eigenvalue weighted by Crippen LogP contribution is 2.70. The van der Waals surface area contributed by atoms with Crippen LogP contribution in [0.25, 0.3) is 0 Å². The van der Waals surface area contributed by atoms with Crippen molar-refractivity contribution in [2.75, 3.05) is 0 Å². The Morgan fingerprint density at radius 3 is 2.39 bits per heavy atom. The minimum Gasteiger partial charge on any atom is -0.392 e. The minimum atomic E-state index is -1.10. The Hall–Kier alpha value is -2.05. The molecule has 276 valence electrons. The summed E-state index contributed by atoms with van der Waals surface area (Å²) >= 11 is 0. The summed E-state index contributed by atoms with van der Waals surface area (Å²) in [6.45, 7) is 9.33. The van der Waals surface area contributed by atoms with Gasteiger partial charge in [0.15, 0.2) is 5.78 Å². The first-order valence-corrected chi connectivity index (χ1v) is 20.8. The Labute approximate surface area is 305 Å². The maximum atomic E-state index is 13.8. The molecule has 8 aliphatic carbocycles. The maximum Gasteiger partial charge on any atom is 0.159 e. The number of hydrogen-bond donors (Lipinski definition) is 4. The van der Waals surface area contributed by atoms with Crippen LogP contribution < -0.4 is 0 Å². The van der Waals surface area contributed by atoms with Crippen molar-refractivity contribution >= 4 is 5.78 Å². The lowest BCUT2D eigenvalue weighted by atomic mass is 9.44. The van der Waals surface area contributed by atoms with Crippen molar-refractivity contribution in [1.82, 2.24) is 0 Å². The van der Waals surface area contributed by atoms with Crippen LogP contribution in [-0.2, 0) is 11.2 Å². The number of aliphatic hydroxyl groups is 4. The van der Waals surface area contributed by atoms with E-state index in [0.717, 1.165) is 44.1 Å². The molecule has 8 aliphatic rings. The van der Waals surface area contributed by atoms with Gasteiger partial charge in [-0.1, -0.05) is 86.7 Å². The smallest absolute Gasteiger partial charge is 0.159 e. The zero-order chi connectivity index (χ0) is 35.7. The predicted molar refractivity (Wildman–Crippen MR) is 199 cm³/mol. The predicted octanol–water partition coefficient (Wildman–Crippen LogP) is 8.05. The average molecular weight is 695 g/mol. The van der Waals surface area contributed by atoms with Gasteiger partial charge in [0, 0.05) is 23.2 Å². The van der Waals surface area contributed by atoms with E-state index in [2.05, 4.69) is 58.0 Å². The molecule has 0 unspecified atom stereocenters. The lowest BCUT2D eigenvalue weighted by Gasteiger charge is -2.61. The third-order valence-electron chi connectivity index (χ3n) is 17.1. The first kappa shape index (κ1) is 34.7. The van der Waals surface area contributed by atoms with Gasteiger partial charge in [-0.15, -0.1) is 0 Å². The van der Waals surface area contributed by atoms with Gasteiger partial charge in [-0.2, -0.15) is 0 Å². The molecule has 0 heterocycles. The largest absolute Gasteiger partial charge is 0.392 e. The van der Waals surface area contributed by atoms with Crippen LogP contribution in [0.4, 0.5) is 0 Å². The molecule has 5 heteroatoms. The van der Waals surface area contributed by atoms with Crippen LogP contribution in [0.3, 0.4) is 0 Å². The Morgan fingerprint density at radius 2 is 1.61 bits per heavy atom. The fraction of sp³-hybridized carbons (Fsp3) is 0.717. The summed E-state index contributed by atoms with van der Waals surface area (Å²) in [5.74, 6) is 1.09. The van der Waals surface area contributed by atoms with Crippen molar-refractivity contribution in [3.8, 4) is 0 Å². The molecule has 9 rings (SSSR count). The Balaban J connectivity index is 1.10. The number of carbonyl (C=O) groups is 1. The van der Waals surface area contributed by atoms with Gasteiger partial charge in [0.05, 0.1) is 23.9 Å². The van der Waals surface area contributed by atoms with Crippen molar-refractivity contribution in [2.24, 2.45) is 57.7 Å². The van der Waals surface area contributed by atoms with Crippen LogP contribution in [0.2, 0.25) is 0 Å². The summed E-state index contributed by atoms with van der Waals surface area (Å²) < 4.78 is 0. The SMILES string of the molecule is CC(C)(Cc1ccccc1)C1=C2CCCC[C@H]2C2=C3[C@@H](CCC2)C[C@H]([C@H]2CC[C@@]4(O)C5=CC(=O)[C@H]6C[C@@H](O)[C@@H](O)C[C@]6(C)[C@@H]5CC[C@]24C)[C@H](O)[C@H]31. The number of hydrogen-bond acceptors (Lipinski definition) is 5. The summed E-state index contributed by atoms with van der Waals surface area (Å²) in [5, 5.41) is 47.5. The molecule has 0 radical (unpaired) electrons. The lowest BCUT2D eigenvalue weighted by molar-refractivity contribution is -0.156. The van der Waals surface area contributed by atoms with Crippen molar-refractivity contribution < 1.29 is 25.2 Å². The van der Waals surface area contributed by atoms with E-state index in [4.69, 9.17) is 0 Å². The lowest BCUT2D eigenvalue weighted by Crippen LogP contribution is -2.61. The quantitative estimate of drug-likeness (QED) is 0.239. The third-order valence-corrected chi connectivity index (χ3v) is 17.1. The van der Waals surface area contributed by atoms with Crippen molar-refractivity contribution in [1.29, 1.82) is 0 Å². The topological polar surface area (TPSA) is 98.0 Å². The fourth-order valence-corrected chi connectivity index (χ4v) is 14.9. The fourth-order valence-electron chi connectivity index (χ4n) is 14.9. The molecule has 0 aliphatic heterocycles. The molecule has 0 saturated heterocycles. The third kappa shape index (κ3) is 4.89. The number of carbonyl (C=O) groups excluding carboxylic acids is 1. The normalized spacial score (nSPS) is 46.4. The van der Waals surface area contributed by atoms with E-state index in [1.165, 1.54) is 44.1 Å². The van der Waals surface area contributed by atoms with E-state index in [9.17, 15) is 25.2 Å². The number of benzene rings is 1. The van der Waals surface area contributed by atoms with Gasteiger partial charge in [0.25, 0.3) is 0 Å². The van der Waals surface area contributed by atoms with E-state index in [1.807, 2.05) is 0 Å². The molecule has 1 aromatic carbocycles. The molecule has 5 fully saturated rings. The van der Waals surface area contributed by atoms with Gasteiger partial charge >= 0.3 is 0 Å². The molecule has 0 aromatic heterocycles. The van der Waals surface area contributed by atoms with Gasteiger partial charge in [-0.05, 0) is 142 Å². The van der Waals surface area contributed by atoms with E-state index in [0.29, 0.717) is 31.1 Å². The number of allylic oxidation sites excluding steroid dienone is 3. The average Bonchev–Trinajstić information content (AvgIpc) is 3.38. The Bertz CT molecular complexity index is 1690. The van der Waals surface area contributed by atoms with Gasteiger partial charge < -0.3 is 20.4 Å². The Kier molecular flexibility index (Phi) is 8.15. The van der Waals surface area contributed by atoms with E-state index < -0.39 is 34.7 Å². The summed E-state index contributed by atoms with van der Waals surface area (Å²) in [4.78, 5) is 13.8. The Morgan fingerprint density at radius 1 is 0.843 bits per heavy atom. The summed E-state index contributed by atoms with van der Waals surface area (Å²) in [7, 11) is 0. The molecule has 5 saturated carbocycles. The molecular formula is C46H62O5. The van der Waals surface area contributed by atoms with Gasteiger partial charge in [0.1, 0.15) is 0 Å². The summed E-state index contributed by atoms with van der Waals surface area (Å²) in [6.07, 6.45) is 14.1. The molecule has 0 spiro atoms. The van der Waals surface area contributed by atoms with Crippen LogP contribution in [-0.4, -0.2) is 50.1 Å². The standard InChI is InChI=1S/C46H62O5/c1-43(2,24-26-11-6-5-7-12-26)41-30-15-9-8-14-28(30)29-16-10-13-27-21-31(42(50)40(41)39(27)29)32-18-20-46(51)34-22-36(47)35-23-37(48)38(49)25-44(35,3)33(34)17-19-45(32,46)4/h5-7,11-12,22,27-28,31-33,35,37-38,40,42,48-51H,8-10,13-21,23-25H2,1-4H3/t27-,28-,31+,32+,33+,35+,37+,38-,40+,42-,44+,45+,46+/m0/s1. The molecule has 51 heavy (non-hydrogen) atoms. The minimum absolute atomic E-state index is 0.0131. The number of rotatable bonds is 4. The van der Waals surface area contributed by atoms with Crippen molar-refractivity contribution in [2.45, 2.75) is 148 Å². The van der Waals surface area contributed by atoms with Crippen molar-refractivity contribution in [3.05, 3.63) is 69.8 Å². The highest BCUT2D eigenvalue weighted by molar-refractivity contribution is 5.95. The van der Waals surface area contributed by atoms with Crippen LogP contribution in [0.1, 0.15) is 123 Å². The molecule has 0 bridgehead atoms. The molecule has 0 amide bonds. The second-order valence-electron chi connectivity index (χ2n) is 19.9. The molecule has 5 nitrogen and oxygen atoms in total. The van der Waals surface area contributed by atoms with Crippen LogP contribution in [0.15, 0.2) is 64.3 Å². The van der Waals surface area contributed by atoms with E-state index in [-0.39, 0.29) is 40.8 Å². The number of fused-ring (bicyclic) bond motifs is 7. The zero-order valence-corrected chi connectivity index (χ0v) is 31.5. The van der Waals surface area contributed by atoms with Crippen LogP contribution in [0, 0.1) is 57.7 Å². The summed E-state index contributed by atoms with van der Waals surface area (Å²) in [6, 6.07) is 10.9. The van der Waals surface area contributed by atoms with Gasteiger partial charge in [-0.3, -0.25) is 4.79 Å². The van der Waals surface area contributed by atoms with E-state index in [1.54, 1.807) is 28.4 Å². The first-order chi connectivity index (χ1) is 24.3. The number of ketones is 1. The summed E-state index contributed by atoms with van der Waals surface area (Å²) in [5.41, 5.74) is 6.69. The first-order valence-electron chi connectivity index (χ1n) is 20.8. The monoisotopic (exact) mass is 694 g/mol. The second kappa shape index (κ2) is 12.0. The highest BCUT2D eigenvalue weighted by atomic mass is 16.3.